The van der Waals surface area contributed by atoms with E-state index in [-0.39, 0.29) is 0 Å². The topological polar surface area (TPSA) is 30.5 Å². The summed E-state index contributed by atoms with van der Waals surface area (Å²) in [5.74, 6) is 2.10. The van der Waals surface area contributed by atoms with Gasteiger partial charge in [-0.25, -0.2) is 0 Å². The van der Waals surface area contributed by atoms with Crippen molar-refractivity contribution < 1.29 is 9.47 Å². The van der Waals surface area contributed by atoms with Crippen molar-refractivity contribution in [3.63, 3.8) is 0 Å². The molecule has 0 aliphatic carbocycles. The molecule has 0 amide bonds. The van der Waals surface area contributed by atoms with Crippen LogP contribution in [0.1, 0.15) is 27.2 Å². The second-order valence-corrected chi connectivity index (χ2v) is 5.79. The first-order valence-corrected chi connectivity index (χ1v) is 7.22. The fraction of sp³-hybridized carbons (Fsp3) is 0.625. The largest absolute Gasteiger partial charge is 0.493 e. The van der Waals surface area contributed by atoms with Crippen LogP contribution in [0, 0.1) is 11.8 Å². The highest BCUT2D eigenvalue weighted by Gasteiger charge is 2.22. The quantitative estimate of drug-likeness (QED) is 0.851. The zero-order valence-corrected chi connectivity index (χ0v) is 12.2. The minimum absolute atomic E-state index is 0.433. The van der Waals surface area contributed by atoms with Crippen molar-refractivity contribution in [3.8, 4) is 5.75 Å². The Kier molecular flexibility index (Phi) is 5.08. The molecule has 2 rings (SSSR count). The van der Waals surface area contributed by atoms with Crippen LogP contribution >= 0.6 is 0 Å². The molecule has 0 bridgehead atoms. The van der Waals surface area contributed by atoms with Crippen LogP contribution in [-0.2, 0) is 4.74 Å². The summed E-state index contributed by atoms with van der Waals surface area (Å²) >= 11 is 0. The fourth-order valence-corrected chi connectivity index (χ4v) is 2.27. The van der Waals surface area contributed by atoms with Crippen molar-refractivity contribution in [3.05, 3.63) is 24.3 Å². The van der Waals surface area contributed by atoms with Gasteiger partial charge in [-0.3, -0.25) is 0 Å². The van der Waals surface area contributed by atoms with Crippen LogP contribution in [0.15, 0.2) is 24.3 Å². The third-order valence-corrected chi connectivity index (χ3v) is 3.48. The van der Waals surface area contributed by atoms with E-state index in [0.717, 1.165) is 37.7 Å². The lowest BCUT2D eigenvalue weighted by atomic mass is 10.0. The van der Waals surface area contributed by atoms with Crippen molar-refractivity contribution in [1.82, 2.24) is 0 Å². The first-order valence-electron chi connectivity index (χ1n) is 7.22. The number of hydrogen-bond acceptors (Lipinski definition) is 3. The molecule has 1 aliphatic rings. The Morgan fingerprint density at radius 3 is 2.89 bits per heavy atom. The Hall–Kier alpha value is -1.22. The van der Waals surface area contributed by atoms with Gasteiger partial charge in [0.1, 0.15) is 5.75 Å². The van der Waals surface area contributed by atoms with Gasteiger partial charge < -0.3 is 14.8 Å². The van der Waals surface area contributed by atoms with Crippen molar-refractivity contribution in [2.75, 3.05) is 25.1 Å². The van der Waals surface area contributed by atoms with Crippen molar-refractivity contribution >= 4 is 5.69 Å². The predicted molar refractivity (Wildman–Crippen MR) is 78.8 cm³/mol. The van der Waals surface area contributed by atoms with Crippen molar-refractivity contribution in [1.29, 1.82) is 0 Å². The predicted octanol–water partition coefficient (Wildman–Crippen LogP) is 3.56. The highest BCUT2D eigenvalue weighted by atomic mass is 16.5. The van der Waals surface area contributed by atoms with Gasteiger partial charge in [0.25, 0.3) is 0 Å². The molecule has 1 aromatic rings. The van der Waals surface area contributed by atoms with E-state index in [1.165, 1.54) is 0 Å². The average Bonchev–Trinajstić information content (AvgIpc) is 2.91. The molecular formula is C16H25NO2. The van der Waals surface area contributed by atoms with E-state index in [1.807, 2.05) is 12.1 Å². The lowest BCUT2D eigenvalue weighted by Gasteiger charge is -2.21. The van der Waals surface area contributed by atoms with Gasteiger partial charge in [-0.05, 0) is 31.4 Å². The SMILES string of the molecule is CC(C)COc1cccc(NC(C)C2CCOC2)c1. The second-order valence-electron chi connectivity index (χ2n) is 5.79. The molecule has 3 heteroatoms. The molecule has 19 heavy (non-hydrogen) atoms. The van der Waals surface area contributed by atoms with Crippen LogP contribution in [0.25, 0.3) is 0 Å². The summed E-state index contributed by atoms with van der Waals surface area (Å²) in [5, 5.41) is 3.55. The van der Waals surface area contributed by atoms with Crippen LogP contribution in [0.2, 0.25) is 0 Å². The van der Waals surface area contributed by atoms with Gasteiger partial charge in [0.2, 0.25) is 0 Å². The molecular weight excluding hydrogens is 238 g/mol. The van der Waals surface area contributed by atoms with E-state index in [1.54, 1.807) is 0 Å². The second kappa shape index (κ2) is 6.80. The van der Waals surface area contributed by atoms with Gasteiger partial charge >= 0.3 is 0 Å². The Balaban J connectivity index is 1.90. The maximum absolute atomic E-state index is 5.75. The zero-order chi connectivity index (χ0) is 13.7. The van der Waals surface area contributed by atoms with E-state index < -0.39 is 0 Å². The molecule has 1 saturated heterocycles. The van der Waals surface area contributed by atoms with Crippen LogP contribution < -0.4 is 10.1 Å². The summed E-state index contributed by atoms with van der Waals surface area (Å²) in [5.41, 5.74) is 1.13. The molecule has 2 unspecified atom stereocenters. The summed E-state index contributed by atoms with van der Waals surface area (Å²) in [6, 6.07) is 8.65. The summed E-state index contributed by atoms with van der Waals surface area (Å²) in [6.45, 7) is 9.07. The molecule has 0 saturated carbocycles. The van der Waals surface area contributed by atoms with Crippen molar-refractivity contribution in [2.24, 2.45) is 11.8 Å². The molecule has 1 heterocycles. The number of hydrogen-bond donors (Lipinski definition) is 1. The fourth-order valence-electron chi connectivity index (χ4n) is 2.27. The molecule has 2 atom stereocenters. The minimum atomic E-state index is 0.433. The van der Waals surface area contributed by atoms with Crippen LogP contribution in [0.4, 0.5) is 5.69 Å². The van der Waals surface area contributed by atoms with E-state index in [9.17, 15) is 0 Å². The molecule has 1 aliphatic heterocycles. The number of benzene rings is 1. The summed E-state index contributed by atoms with van der Waals surface area (Å²) < 4.78 is 11.2. The summed E-state index contributed by atoms with van der Waals surface area (Å²) in [6.07, 6.45) is 1.15. The molecule has 0 aromatic heterocycles. The van der Waals surface area contributed by atoms with E-state index in [0.29, 0.717) is 17.9 Å². The molecule has 1 aromatic carbocycles. The van der Waals surface area contributed by atoms with Crippen LogP contribution in [-0.4, -0.2) is 25.9 Å². The molecule has 1 N–H and O–H groups in total. The minimum Gasteiger partial charge on any atom is -0.493 e. The monoisotopic (exact) mass is 263 g/mol. The molecule has 3 nitrogen and oxygen atoms in total. The first kappa shape index (κ1) is 14.2. The number of nitrogens with one attached hydrogen (secondary N) is 1. The van der Waals surface area contributed by atoms with E-state index in [2.05, 4.69) is 38.2 Å². The molecule has 1 fully saturated rings. The molecule has 0 spiro atoms. The maximum atomic E-state index is 5.75. The maximum Gasteiger partial charge on any atom is 0.121 e. The van der Waals surface area contributed by atoms with Gasteiger partial charge in [0, 0.05) is 30.3 Å². The van der Waals surface area contributed by atoms with Gasteiger partial charge in [-0.2, -0.15) is 0 Å². The van der Waals surface area contributed by atoms with Gasteiger partial charge in [0.05, 0.1) is 13.2 Å². The van der Waals surface area contributed by atoms with Crippen molar-refractivity contribution in [2.45, 2.75) is 33.2 Å². The standard InChI is InChI=1S/C16H25NO2/c1-12(2)10-19-16-6-4-5-15(9-16)17-13(3)14-7-8-18-11-14/h4-6,9,12-14,17H,7-8,10-11H2,1-3H3. The number of anilines is 1. The van der Waals surface area contributed by atoms with Gasteiger partial charge in [-0.1, -0.05) is 19.9 Å². The normalized spacial score (nSPS) is 20.5. The molecule has 0 radical (unpaired) electrons. The highest BCUT2D eigenvalue weighted by Crippen LogP contribution is 2.23. The van der Waals surface area contributed by atoms with E-state index in [4.69, 9.17) is 9.47 Å². The van der Waals surface area contributed by atoms with Gasteiger partial charge in [-0.15, -0.1) is 0 Å². The average molecular weight is 263 g/mol. The zero-order valence-electron chi connectivity index (χ0n) is 12.2. The highest BCUT2D eigenvalue weighted by molar-refractivity contribution is 5.48. The summed E-state index contributed by atoms with van der Waals surface area (Å²) in [7, 11) is 0. The van der Waals surface area contributed by atoms with Crippen LogP contribution in [0.5, 0.6) is 5.75 Å². The Bertz CT molecular complexity index is 386. The third-order valence-electron chi connectivity index (χ3n) is 3.48. The van der Waals surface area contributed by atoms with Gasteiger partial charge in [0.15, 0.2) is 0 Å². The Labute approximate surface area is 116 Å². The number of ether oxygens (including phenoxy) is 2. The lowest BCUT2D eigenvalue weighted by Crippen LogP contribution is -2.26. The van der Waals surface area contributed by atoms with Crippen LogP contribution in [0.3, 0.4) is 0 Å². The lowest BCUT2D eigenvalue weighted by molar-refractivity contribution is 0.183. The number of rotatable bonds is 6. The summed E-state index contributed by atoms with van der Waals surface area (Å²) in [4.78, 5) is 0. The Morgan fingerprint density at radius 2 is 2.21 bits per heavy atom. The molecule has 106 valence electrons. The first-order chi connectivity index (χ1) is 9.15. The Morgan fingerprint density at radius 1 is 1.37 bits per heavy atom. The smallest absolute Gasteiger partial charge is 0.121 e. The third kappa shape index (κ3) is 4.43. The van der Waals surface area contributed by atoms with E-state index >= 15 is 0 Å².